The highest BCUT2D eigenvalue weighted by Crippen LogP contribution is 2.12. The molecule has 0 bridgehead atoms. The van der Waals surface area contributed by atoms with Crippen LogP contribution in [0.25, 0.3) is 0 Å². The molecule has 0 saturated heterocycles. The van der Waals surface area contributed by atoms with E-state index in [4.69, 9.17) is 4.74 Å². The van der Waals surface area contributed by atoms with Gasteiger partial charge in [0, 0.05) is 12.8 Å². The van der Waals surface area contributed by atoms with Gasteiger partial charge in [-0.15, -0.1) is 0 Å². The van der Waals surface area contributed by atoms with E-state index in [1.807, 2.05) is 51.1 Å². The normalized spacial score (nSPS) is 14.1. The third kappa shape index (κ3) is 6.95. The molecule has 1 rings (SSSR count). The van der Waals surface area contributed by atoms with Crippen molar-refractivity contribution in [2.45, 2.75) is 52.1 Å². The minimum absolute atomic E-state index is 0.0251. The zero-order chi connectivity index (χ0) is 18.8. The molecule has 0 spiro atoms. The fourth-order valence-electron chi connectivity index (χ4n) is 2.41. The molecular weight excluding hydrogens is 320 g/mol. The third-order valence-corrected chi connectivity index (χ3v) is 4.24. The van der Waals surface area contributed by atoms with E-state index in [9.17, 15) is 14.4 Å². The number of carbonyl (C=O) groups excluding carboxylic acids is 3. The molecule has 0 aliphatic carbocycles. The summed E-state index contributed by atoms with van der Waals surface area (Å²) < 4.78 is 4.73. The Morgan fingerprint density at radius 3 is 2.08 bits per heavy atom. The SMILES string of the molecule is CC[C@@H](C)[C@H](NC(=O)CCC(=O)N[C@H](C)c1ccccc1)C(=O)OC. The molecular formula is C19H28N2O4. The van der Waals surface area contributed by atoms with Crippen molar-refractivity contribution in [1.82, 2.24) is 10.6 Å². The number of rotatable bonds is 9. The number of nitrogens with one attached hydrogen (secondary N) is 2. The highest BCUT2D eigenvalue weighted by Gasteiger charge is 2.26. The molecule has 0 heterocycles. The number of esters is 1. The second-order valence-electron chi connectivity index (χ2n) is 6.15. The Balaban J connectivity index is 2.46. The van der Waals surface area contributed by atoms with Crippen LogP contribution >= 0.6 is 0 Å². The molecule has 0 aliphatic heterocycles. The molecule has 0 aliphatic rings. The summed E-state index contributed by atoms with van der Waals surface area (Å²) in [7, 11) is 1.29. The number of hydrogen-bond acceptors (Lipinski definition) is 4. The van der Waals surface area contributed by atoms with Gasteiger partial charge in [0.1, 0.15) is 6.04 Å². The van der Waals surface area contributed by atoms with Gasteiger partial charge in [-0.05, 0) is 18.4 Å². The summed E-state index contributed by atoms with van der Waals surface area (Å²) in [4.78, 5) is 35.8. The van der Waals surface area contributed by atoms with Crippen LogP contribution in [0.1, 0.15) is 51.6 Å². The molecule has 2 amide bonds. The van der Waals surface area contributed by atoms with Crippen LogP contribution in [0, 0.1) is 5.92 Å². The first-order valence-corrected chi connectivity index (χ1v) is 8.60. The van der Waals surface area contributed by atoms with Gasteiger partial charge in [-0.25, -0.2) is 4.79 Å². The maximum Gasteiger partial charge on any atom is 0.328 e. The lowest BCUT2D eigenvalue weighted by atomic mass is 9.99. The summed E-state index contributed by atoms with van der Waals surface area (Å²) in [5.74, 6) is -1.05. The van der Waals surface area contributed by atoms with Crippen molar-refractivity contribution < 1.29 is 19.1 Å². The second kappa shape index (κ2) is 10.5. The van der Waals surface area contributed by atoms with Crippen molar-refractivity contribution in [1.29, 1.82) is 0 Å². The molecule has 0 unspecified atom stereocenters. The maximum atomic E-state index is 12.1. The Morgan fingerprint density at radius 2 is 1.56 bits per heavy atom. The molecule has 6 heteroatoms. The quantitative estimate of drug-likeness (QED) is 0.671. The average molecular weight is 348 g/mol. The van der Waals surface area contributed by atoms with Crippen molar-refractivity contribution in [2.75, 3.05) is 7.11 Å². The van der Waals surface area contributed by atoms with Crippen LogP contribution in [-0.2, 0) is 19.1 Å². The van der Waals surface area contributed by atoms with Crippen LogP contribution in [0.4, 0.5) is 0 Å². The van der Waals surface area contributed by atoms with E-state index in [-0.39, 0.29) is 36.6 Å². The Morgan fingerprint density at radius 1 is 1.00 bits per heavy atom. The summed E-state index contributed by atoms with van der Waals surface area (Å²) in [5.41, 5.74) is 1.00. The minimum Gasteiger partial charge on any atom is -0.467 e. The molecule has 25 heavy (non-hydrogen) atoms. The van der Waals surface area contributed by atoms with Gasteiger partial charge in [0.05, 0.1) is 13.2 Å². The van der Waals surface area contributed by atoms with Crippen molar-refractivity contribution in [2.24, 2.45) is 5.92 Å². The van der Waals surface area contributed by atoms with Crippen molar-refractivity contribution in [3.8, 4) is 0 Å². The van der Waals surface area contributed by atoms with E-state index < -0.39 is 12.0 Å². The molecule has 2 N–H and O–H groups in total. The fourth-order valence-corrected chi connectivity index (χ4v) is 2.41. The monoisotopic (exact) mass is 348 g/mol. The van der Waals surface area contributed by atoms with Crippen molar-refractivity contribution >= 4 is 17.8 Å². The van der Waals surface area contributed by atoms with Crippen LogP contribution < -0.4 is 10.6 Å². The number of carbonyl (C=O) groups is 3. The predicted molar refractivity (Wildman–Crippen MR) is 95.6 cm³/mol. The topological polar surface area (TPSA) is 84.5 Å². The molecule has 0 radical (unpaired) electrons. The minimum atomic E-state index is -0.686. The second-order valence-corrected chi connectivity index (χ2v) is 6.15. The van der Waals surface area contributed by atoms with Gasteiger partial charge in [0.25, 0.3) is 0 Å². The number of ether oxygens (including phenoxy) is 1. The van der Waals surface area contributed by atoms with E-state index in [1.165, 1.54) is 7.11 Å². The van der Waals surface area contributed by atoms with Crippen molar-refractivity contribution in [3.05, 3.63) is 35.9 Å². The lowest BCUT2D eigenvalue weighted by molar-refractivity contribution is -0.146. The first kappa shape index (κ1) is 20.7. The van der Waals surface area contributed by atoms with E-state index in [0.717, 1.165) is 12.0 Å². The number of methoxy groups -OCH3 is 1. The molecule has 0 fully saturated rings. The first-order valence-electron chi connectivity index (χ1n) is 8.60. The highest BCUT2D eigenvalue weighted by atomic mass is 16.5. The van der Waals surface area contributed by atoms with Gasteiger partial charge < -0.3 is 15.4 Å². The van der Waals surface area contributed by atoms with E-state index in [1.54, 1.807) is 0 Å². The lowest BCUT2D eigenvalue weighted by Crippen LogP contribution is -2.45. The fraction of sp³-hybridized carbons (Fsp3) is 0.526. The van der Waals surface area contributed by atoms with Gasteiger partial charge in [-0.2, -0.15) is 0 Å². The van der Waals surface area contributed by atoms with E-state index >= 15 is 0 Å². The van der Waals surface area contributed by atoms with Crippen LogP contribution in [0.15, 0.2) is 30.3 Å². The molecule has 3 atom stereocenters. The Labute approximate surface area is 149 Å². The predicted octanol–water partition coefficient (Wildman–Crippen LogP) is 2.35. The molecule has 1 aromatic rings. The standard InChI is InChI=1S/C19H28N2O4/c1-5-13(2)18(19(24)25-4)21-17(23)12-11-16(22)20-14(3)15-9-7-6-8-10-15/h6-10,13-14,18H,5,11-12H2,1-4H3,(H,20,22)(H,21,23)/t13-,14-,18+/m1/s1. The molecule has 0 aromatic heterocycles. The Kier molecular flexibility index (Phi) is 8.67. The Bertz CT molecular complexity index is 574. The average Bonchev–Trinajstić information content (AvgIpc) is 2.63. The summed E-state index contributed by atoms with van der Waals surface area (Å²) in [6.45, 7) is 5.70. The van der Waals surface area contributed by atoms with Gasteiger partial charge in [0.2, 0.25) is 11.8 Å². The molecule has 138 valence electrons. The van der Waals surface area contributed by atoms with Crippen LogP contribution in [0.5, 0.6) is 0 Å². The smallest absolute Gasteiger partial charge is 0.328 e. The largest absolute Gasteiger partial charge is 0.467 e. The summed E-state index contributed by atoms with van der Waals surface area (Å²) in [5, 5.41) is 5.53. The molecule has 0 saturated carbocycles. The van der Waals surface area contributed by atoms with Gasteiger partial charge in [-0.1, -0.05) is 50.6 Å². The van der Waals surface area contributed by atoms with Gasteiger partial charge >= 0.3 is 5.97 Å². The Hall–Kier alpha value is -2.37. The summed E-state index contributed by atoms with van der Waals surface area (Å²) >= 11 is 0. The number of amides is 2. The number of hydrogen-bond donors (Lipinski definition) is 2. The van der Waals surface area contributed by atoms with Gasteiger partial charge in [0.15, 0.2) is 0 Å². The first-order chi connectivity index (χ1) is 11.9. The molecule has 1 aromatic carbocycles. The zero-order valence-electron chi connectivity index (χ0n) is 15.4. The maximum absolute atomic E-state index is 12.1. The van der Waals surface area contributed by atoms with E-state index in [0.29, 0.717) is 0 Å². The zero-order valence-corrected chi connectivity index (χ0v) is 15.4. The van der Waals surface area contributed by atoms with E-state index in [2.05, 4.69) is 10.6 Å². The van der Waals surface area contributed by atoms with Crippen LogP contribution in [-0.4, -0.2) is 30.9 Å². The highest BCUT2D eigenvalue weighted by molar-refractivity contribution is 5.87. The van der Waals surface area contributed by atoms with Crippen LogP contribution in [0.2, 0.25) is 0 Å². The van der Waals surface area contributed by atoms with Crippen molar-refractivity contribution in [3.63, 3.8) is 0 Å². The summed E-state index contributed by atoms with van der Waals surface area (Å²) in [6.07, 6.45) is 0.823. The van der Waals surface area contributed by atoms with Gasteiger partial charge in [-0.3, -0.25) is 9.59 Å². The molecule has 6 nitrogen and oxygen atoms in total. The number of benzene rings is 1. The summed E-state index contributed by atoms with van der Waals surface area (Å²) in [6, 6.07) is 8.79. The lowest BCUT2D eigenvalue weighted by Gasteiger charge is -2.21. The third-order valence-electron chi connectivity index (χ3n) is 4.24. The van der Waals surface area contributed by atoms with Crippen LogP contribution in [0.3, 0.4) is 0 Å².